The number of benzene rings is 8. The summed E-state index contributed by atoms with van der Waals surface area (Å²) in [5, 5.41) is 4.69. The predicted molar refractivity (Wildman–Crippen MR) is 230 cm³/mol. The van der Waals surface area contributed by atoms with E-state index in [1.807, 2.05) is 60.7 Å². The van der Waals surface area contributed by atoms with Crippen molar-refractivity contribution < 1.29 is 0 Å². The SMILES string of the molecule is c1ccc(-c2cc(-c3ccccc3)cc(-n3c4ccccc4c4c5c6ccccc6n(-c6nc(-c7ccccc7)nc(-c7ccccc7)n6)c5ccc43)c2)cc1. The second-order valence-electron chi connectivity index (χ2n) is 14.1. The number of fused-ring (bicyclic) bond motifs is 7. The summed E-state index contributed by atoms with van der Waals surface area (Å²) in [5.74, 6) is 1.84. The van der Waals surface area contributed by atoms with Gasteiger partial charge in [-0.15, -0.1) is 0 Å². The second kappa shape index (κ2) is 13.0. The molecule has 262 valence electrons. The zero-order valence-electron chi connectivity index (χ0n) is 30.3. The molecule has 0 radical (unpaired) electrons. The Morgan fingerprint density at radius 3 is 1.16 bits per heavy atom. The molecule has 0 aliphatic heterocycles. The average Bonchev–Trinajstić information content (AvgIpc) is 3.80. The van der Waals surface area contributed by atoms with Crippen LogP contribution in [0.2, 0.25) is 0 Å². The molecule has 3 heterocycles. The summed E-state index contributed by atoms with van der Waals surface area (Å²) in [6.45, 7) is 0. The monoisotopic (exact) mass is 715 g/mol. The highest BCUT2D eigenvalue weighted by molar-refractivity contribution is 6.28. The zero-order chi connectivity index (χ0) is 37.0. The molecule has 0 atom stereocenters. The van der Waals surface area contributed by atoms with Gasteiger partial charge in [-0.25, -0.2) is 4.98 Å². The van der Waals surface area contributed by atoms with E-state index in [1.165, 1.54) is 38.4 Å². The van der Waals surface area contributed by atoms with Crippen LogP contribution in [-0.2, 0) is 0 Å². The van der Waals surface area contributed by atoms with Crippen LogP contribution in [0.15, 0.2) is 200 Å². The van der Waals surface area contributed by atoms with Gasteiger partial charge < -0.3 is 4.57 Å². The maximum atomic E-state index is 5.18. The molecule has 5 nitrogen and oxygen atoms in total. The molecule has 0 aliphatic carbocycles. The quantitative estimate of drug-likeness (QED) is 0.172. The topological polar surface area (TPSA) is 48.5 Å². The van der Waals surface area contributed by atoms with Crippen molar-refractivity contribution in [1.82, 2.24) is 24.1 Å². The van der Waals surface area contributed by atoms with Crippen LogP contribution in [0.25, 0.3) is 100 Å². The smallest absolute Gasteiger partial charge is 0.238 e. The minimum atomic E-state index is 0.579. The highest BCUT2D eigenvalue weighted by Gasteiger charge is 2.23. The summed E-state index contributed by atoms with van der Waals surface area (Å²) in [6, 6.07) is 70.4. The third-order valence-corrected chi connectivity index (χ3v) is 10.7. The van der Waals surface area contributed by atoms with E-state index in [0.717, 1.165) is 44.3 Å². The highest BCUT2D eigenvalue weighted by Crippen LogP contribution is 2.43. The molecule has 0 spiro atoms. The summed E-state index contributed by atoms with van der Waals surface area (Å²) < 4.78 is 4.64. The van der Waals surface area contributed by atoms with E-state index >= 15 is 0 Å². The summed E-state index contributed by atoms with van der Waals surface area (Å²) in [6.07, 6.45) is 0. The Morgan fingerprint density at radius 1 is 0.286 bits per heavy atom. The van der Waals surface area contributed by atoms with Gasteiger partial charge in [0.2, 0.25) is 5.95 Å². The third kappa shape index (κ3) is 5.21. The third-order valence-electron chi connectivity index (χ3n) is 10.7. The van der Waals surface area contributed by atoms with Crippen molar-refractivity contribution in [2.45, 2.75) is 0 Å². The van der Waals surface area contributed by atoms with Crippen LogP contribution in [0.5, 0.6) is 0 Å². The van der Waals surface area contributed by atoms with Gasteiger partial charge >= 0.3 is 0 Å². The molecule has 0 bridgehead atoms. The molecule has 56 heavy (non-hydrogen) atoms. The van der Waals surface area contributed by atoms with E-state index in [9.17, 15) is 0 Å². The van der Waals surface area contributed by atoms with Gasteiger partial charge in [-0.2, -0.15) is 9.97 Å². The lowest BCUT2D eigenvalue weighted by Crippen LogP contribution is -2.06. The van der Waals surface area contributed by atoms with E-state index < -0.39 is 0 Å². The molecule has 0 saturated heterocycles. The Bertz CT molecular complexity index is 2890. The molecule has 11 rings (SSSR count). The lowest BCUT2D eigenvalue weighted by molar-refractivity contribution is 0.953. The molecule has 0 aliphatic rings. The standard InChI is InChI=1S/C51H33N5/c1-5-17-34(18-6-1)38-31-39(35-19-7-2-8-20-35)33-40(32-38)55-43-27-15-13-25-41(43)47-45(55)29-30-46-48(47)42-26-14-16-28-44(42)56(46)51-53-49(36-21-9-3-10-22-36)52-50(54-51)37-23-11-4-12-24-37/h1-33H. The number of hydrogen-bond acceptors (Lipinski definition) is 3. The second-order valence-corrected chi connectivity index (χ2v) is 14.1. The van der Waals surface area contributed by atoms with Crippen molar-refractivity contribution in [3.8, 4) is 56.7 Å². The zero-order valence-corrected chi connectivity index (χ0v) is 30.3. The summed E-state index contributed by atoms with van der Waals surface area (Å²) in [7, 11) is 0. The minimum Gasteiger partial charge on any atom is -0.309 e. The van der Waals surface area contributed by atoms with Gasteiger partial charge in [0.05, 0.1) is 22.1 Å². The molecule has 0 fully saturated rings. The van der Waals surface area contributed by atoms with Crippen molar-refractivity contribution >= 4 is 43.6 Å². The number of para-hydroxylation sites is 2. The Labute approximate surface area is 323 Å². The first kappa shape index (κ1) is 31.9. The summed E-state index contributed by atoms with van der Waals surface area (Å²) >= 11 is 0. The van der Waals surface area contributed by atoms with Crippen LogP contribution < -0.4 is 0 Å². The maximum Gasteiger partial charge on any atom is 0.238 e. The van der Waals surface area contributed by atoms with Crippen molar-refractivity contribution in [2.75, 3.05) is 0 Å². The van der Waals surface area contributed by atoms with Crippen LogP contribution in [0.4, 0.5) is 0 Å². The number of aromatic nitrogens is 5. The molecule has 0 amide bonds. The molecule has 11 aromatic rings. The Morgan fingerprint density at radius 2 is 0.679 bits per heavy atom. The van der Waals surface area contributed by atoms with Gasteiger partial charge in [0.15, 0.2) is 11.6 Å². The fourth-order valence-corrected chi connectivity index (χ4v) is 8.24. The first-order valence-corrected chi connectivity index (χ1v) is 18.9. The van der Waals surface area contributed by atoms with Crippen LogP contribution in [-0.4, -0.2) is 24.1 Å². The van der Waals surface area contributed by atoms with E-state index in [2.05, 4.69) is 149 Å². The first-order valence-electron chi connectivity index (χ1n) is 18.9. The van der Waals surface area contributed by atoms with E-state index in [1.54, 1.807) is 0 Å². The molecule has 5 heteroatoms. The number of hydrogen-bond donors (Lipinski definition) is 0. The van der Waals surface area contributed by atoms with Crippen molar-refractivity contribution in [1.29, 1.82) is 0 Å². The fraction of sp³-hybridized carbons (Fsp3) is 0. The van der Waals surface area contributed by atoms with Gasteiger partial charge in [0, 0.05) is 38.4 Å². The summed E-state index contributed by atoms with van der Waals surface area (Å²) in [4.78, 5) is 15.3. The fourth-order valence-electron chi connectivity index (χ4n) is 8.24. The van der Waals surface area contributed by atoms with E-state index in [4.69, 9.17) is 15.0 Å². The Hall–Kier alpha value is -7.63. The van der Waals surface area contributed by atoms with Gasteiger partial charge in [-0.1, -0.05) is 158 Å². The molecule has 0 unspecified atom stereocenters. The lowest BCUT2D eigenvalue weighted by atomic mass is 9.98. The van der Waals surface area contributed by atoms with Crippen molar-refractivity contribution in [3.63, 3.8) is 0 Å². The molecule has 0 saturated carbocycles. The predicted octanol–water partition coefficient (Wildman–Crippen LogP) is 12.7. The van der Waals surface area contributed by atoms with Gasteiger partial charge in [-0.3, -0.25) is 4.57 Å². The Balaban J connectivity index is 1.22. The Kier molecular flexibility index (Phi) is 7.42. The van der Waals surface area contributed by atoms with Gasteiger partial charge in [0.25, 0.3) is 0 Å². The largest absolute Gasteiger partial charge is 0.309 e. The summed E-state index contributed by atoms with van der Waals surface area (Å²) in [5.41, 5.74) is 12.0. The first-order chi connectivity index (χ1) is 27.8. The maximum absolute atomic E-state index is 5.18. The molecular weight excluding hydrogens is 683 g/mol. The molecule has 0 N–H and O–H groups in total. The van der Waals surface area contributed by atoms with Crippen molar-refractivity contribution in [2.24, 2.45) is 0 Å². The van der Waals surface area contributed by atoms with E-state index in [0.29, 0.717) is 17.6 Å². The highest BCUT2D eigenvalue weighted by atomic mass is 15.2. The number of rotatable bonds is 6. The van der Waals surface area contributed by atoms with E-state index in [-0.39, 0.29) is 0 Å². The number of nitrogens with zero attached hydrogens (tertiary/aromatic N) is 5. The van der Waals surface area contributed by atoms with Crippen molar-refractivity contribution in [3.05, 3.63) is 200 Å². The molecule has 3 aromatic heterocycles. The van der Waals surface area contributed by atoms with Crippen LogP contribution in [0.3, 0.4) is 0 Å². The van der Waals surface area contributed by atoms with Gasteiger partial charge in [0.1, 0.15) is 0 Å². The minimum absolute atomic E-state index is 0.579. The molecule has 8 aromatic carbocycles. The average molecular weight is 716 g/mol. The van der Waals surface area contributed by atoms with Gasteiger partial charge in [-0.05, 0) is 64.7 Å². The van der Waals surface area contributed by atoms with Crippen LogP contribution in [0.1, 0.15) is 0 Å². The van der Waals surface area contributed by atoms with Crippen LogP contribution >= 0.6 is 0 Å². The molecular formula is C51H33N5. The van der Waals surface area contributed by atoms with Crippen LogP contribution in [0, 0.1) is 0 Å². The lowest BCUT2D eigenvalue weighted by Gasteiger charge is -2.14. The normalized spacial score (nSPS) is 11.6.